The van der Waals surface area contributed by atoms with E-state index in [0.717, 1.165) is 37.3 Å². The van der Waals surface area contributed by atoms with E-state index < -0.39 is 0 Å². The number of carbonyl (C=O) groups excluding carboxylic acids is 1. The number of fused-ring (bicyclic) bond motifs is 1. The van der Waals surface area contributed by atoms with Gasteiger partial charge in [0.1, 0.15) is 0 Å². The normalized spacial score (nSPS) is 21.6. The lowest BCUT2D eigenvalue weighted by Gasteiger charge is -2.06. The van der Waals surface area contributed by atoms with E-state index in [1.165, 1.54) is 40.4 Å². The van der Waals surface area contributed by atoms with Gasteiger partial charge in [-0.15, -0.1) is 11.3 Å². The maximum Gasteiger partial charge on any atom is 0.223 e. The van der Waals surface area contributed by atoms with Crippen molar-refractivity contribution >= 4 is 28.8 Å². The van der Waals surface area contributed by atoms with Crippen molar-refractivity contribution in [2.45, 2.75) is 50.9 Å². The number of hydrogen-bond donors (Lipinski definition) is 1. The third kappa shape index (κ3) is 4.06. The van der Waals surface area contributed by atoms with E-state index >= 15 is 0 Å². The van der Waals surface area contributed by atoms with Gasteiger partial charge < -0.3 is 5.32 Å². The zero-order valence-electron chi connectivity index (χ0n) is 14.3. The Balaban J connectivity index is 1.20. The predicted octanol–water partition coefficient (Wildman–Crippen LogP) is 4.53. The Kier molecular flexibility index (Phi) is 5.09. The standard InChI is InChI=1S/C20H23ClN2OS/c21-14-6-3-5-13(11-14)15-12-16(15)20(24)22-10-4-9-19-23-17-7-1-2-8-18(17)25-19/h3,5-6,11,15-16H,1-2,4,7-10,12H2,(H,22,24). The van der Waals surface area contributed by atoms with E-state index in [4.69, 9.17) is 16.6 Å². The molecule has 0 radical (unpaired) electrons. The number of thiazole rings is 1. The summed E-state index contributed by atoms with van der Waals surface area (Å²) in [5, 5.41) is 5.08. The van der Waals surface area contributed by atoms with Crippen LogP contribution in [0.25, 0.3) is 0 Å². The van der Waals surface area contributed by atoms with Gasteiger partial charge in [-0.2, -0.15) is 0 Å². The number of hydrogen-bond acceptors (Lipinski definition) is 3. The van der Waals surface area contributed by atoms with E-state index in [0.29, 0.717) is 5.92 Å². The molecule has 1 fully saturated rings. The highest BCUT2D eigenvalue weighted by molar-refractivity contribution is 7.11. The summed E-state index contributed by atoms with van der Waals surface area (Å²) in [7, 11) is 0. The fraction of sp³-hybridized carbons (Fsp3) is 0.500. The second-order valence-electron chi connectivity index (χ2n) is 7.08. The third-order valence-electron chi connectivity index (χ3n) is 5.16. The Morgan fingerprint density at radius 2 is 2.20 bits per heavy atom. The van der Waals surface area contributed by atoms with Crippen LogP contribution >= 0.6 is 22.9 Å². The highest BCUT2D eigenvalue weighted by Gasteiger charge is 2.43. The van der Waals surface area contributed by atoms with Gasteiger partial charge in [0.25, 0.3) is 0 Å². The van der Waals surface area contributed by atoms with Crippen molar-refractivity contribution in [3.63, 3.8) is 0 Å². The quantitative estimate of drug-likeness (QED) is 0.755. The SMILES string of the molecule is O=C(NCCCc1nc2c(s1)CCCC2)C1CC1c1cccc(Cl)c1. The molecule has 1 aromatic heterocycles. The average molecular weight is 375 g/mol. The molecule has 1 saturated carbocycles. The van der Waals surface area contributed by atoms with Crippen LogP contribution in [0.15, 0.2) is 24.3 Å². The molecule has 25 heavy (non-hydrogen) atoms. The monoisotopic (exact) mass is 374 g/mol. The first-order chi connectivity index (χ1) is 12.2. The smallest absolute Gasteiger partial charge is 0.223 e. The minimum atomic E-state index is 0.116. The Morgan fingerprint density at radius 3 is 3.04 bits per heavy atom. The van der Waals surface area contributed by atoms with Gasteiger partial charge in [-0.1, -0.05) is 23.7 Å². The summed E-state index contributed by atoms with van der Waals surface area (Å²) in [5.41, 5.74) is 2.51. The van der Waals surface area contributed by atoms with Gasteiger partial charge in [0.15, 0.2) is 0 Å². The van der Waals surface area contributed by atoms with Gasteiger partial charge in [0.2, 0.25) is 5.91 Å². The summed E-state index contributed by atoms with van der Waals surface area (Å²) in [6.07, 6.45) is 7.81. The van der Waals surface area contributed by atoms with Crippen molar-refractivity contribution in [3.8, 4) is 0 Å². The van der Waals surface area contributed by atoms with Crippen molar-refractivity contribution in [2.75, 3.05) is 6.54 Å². The fourth-order valence-electron chi connectivity index (χ4n) is 3.69. The van der Waals surface area contributed by atoms with Crippen LogP contribution in [0.5, 0.6) is 0 Å². The van der Waals surface area contributed by atoms with Gasteiger partial charge in [-0.05, 0) is 62.1 Å². The molecule has 0 spiro atoms. The predicted molar refractivity (Wildman–Crippen MR) is 102 cm³/mol. The van der Waals surface area contributed by atoms with E-state index in [-0.39, 0.29) is 11.8 Å². The van der Waals surface area contributed by atoms with Crippen LogP contribution in [0.2, 0.25) is 5.02 Å². The second kappa shape index (κ2) is 7.46. The lowest BCUT2D eigenvalue weighted by atomic mass is 10.0. The van der Waals surface area contributed by atoms with Crippen molar-refractivity contribution in [1.82, 2.24) is 10.3 Å². The molecule has 1 N–H and O–H groups in total. The number of aryl methyl sites for hydroxylation is 3. The Bertz CT molecular complexity index is 749. The third-order valence-corrected chi connectivity index (χ3v) is 6.61. The molecule has 132 valence electrons. The summed E-state index contributed by atoms with van der Waals surface area (Å²) in [4.78, 5) is 18.5. The molecule has 1 aromatic carbocycles. The highest BCUT2D eigenvalue weighted by atomic mass is 35.5. The van der Waals surface area contributed by atoms with Crippen molar-refractivity contribution < 1.29 is 4.79 Å². The maximum absolute atomic E-state index is 12.3. The van der Waals surface area contributed by atoms with Gasteiger partial charge in [-0.25, -0.2) is 4.98 Å². The van der Waals surface area contributed by atoms with Crippen molar-refractivity contribution in [2.24, 2.45) is 5.92 Å². The summed E-state index contributed by atoms with van der Waals surface area (Å²) in [6.45, 7) is 0.738. The minimum absolute atomic E-state index is 0.116. The first kappa shape index (κ1) is 17.0. The largest absolute Gasteiger partial charge is 0.356 e. The van der Waals surface area contributed by atoms with Crippen molar-refractivity contribution in [3.05, 3.63) is 50.4 Å². The molecule has 0 bridgehead atoms. The van der Waals surface area contributed by atoms with Gasteiger partial charge in [0.05, 0.1) is 10.7 Å². The highest BCUT2D eigenvalue weighted by Crippen LogP contribution is 2.47. The molecular weight excluding hydrogens is 352 g/mol. The number of carbonyl (C=O) groups is 1. The van der Waals surface area contributed by atoms with E-state index in [1.54, 1.807) is 0 Å². The zero-order valence-corrected chi connectivity index (χ0v) is 15.8. The number of halogens is 1. The van der Waals surface area contributed by atoms with Crippen LogP contribution in [0.4, 0.5) is 0 Å². The van der Waals surface area contributed by atoms with E-state index in [9.17, 15) is 4.79 Å². The van der Waals surface area contributed by atoms with Crippen molar-refractivity contribution in [1.29, 1.82) is 0 Å². The van der Waals surface area contributed by atoms with E-state index in [1.807, 2.05) is 29.5 Å². The summed E-state index contributed by atoms with van der Waals surface area (Å²) in [6, 6.07) is 7.87. The number of nitrogens with zero attached hydrogens (tertiary/aromatic N) is 1. The number of nitrogens with one attached hydrogen (secondary N) is 1. The van der Waals surface area contributed by atoms with Crippen LogP contribution in [-0.2, 0) is 24.1 Å². The molecule has 0 saturated heterocycles. The number of rotatable bonds is 6. The molecule has 2 aromatic rings. The second-order valence-corrected chi connectivity index (χ2v) is 8.69. The molecule has 1 amide bonds. The van der Waals surface area contributed by atoms with Gasteiger partial charge >= 0.3 is 0 Å². The minimum Gasteiger partial charge on any atom is -0.356 e. The number of benzene rings is 1. The summed E-state index contributed by atoms with van der Waals surface area (Å²) in [5.74, 6) is 0.637. The zero-order chi connectivity index (χ0) is 17.2. The molecular formula is C20H23ClN2OS. The molecule has 1 heterocycles. The first-order valence-corrected chi connectivity index (χ1v) is 10.4. The molecule has 3 nitrogen and oxygen atoms in total. The Labute approximate surface area is 157 Å². The van der Waals surface area contributed by atoms with Crippen LogP contribution in [-0.4, -0.2) is 17.4 Å². The lowest BCUT2D eigenvalue weighted by molar-refractivity contribution is -0.122. The Morgan fingerprint density at radius 1 is 1.32 bits per heavy atom. The average Bonchev–Trinajstić information content (AvgIpc) is 3.31. The molecule has 2 aliphatic carbocycles. The fourth-order valence-corrected chi connectivity index (χ4v) is 5.08. The molecule has 2 unspecified atom stereocenters. The number of aromatic nitrogens is 1. The van der Waals surface area contributed by atoms with Crippen LogP contribution in [0.1, 0.15) is 52.7 Å². The lowest BCUT2D eigenvalue weighted by Crippen LogP contribution is -2.26. The molecule has 4 rings (SSSR count). The van der Waals surface area contributed by atoms with Crippen LogP contribution < -0.4 is 5.32 Å². The topological polar surface area (TPSA) is 42.0 Å². The Hall–Kier alpha value is -1.39. The molecule has 2 atom stereocenters. The molecule has 2 aliphatic rings. The van der Waals surface area contributed by atoms with Crippen LogP contribution in [0.3, 0.4) is 0 Å². The van der Waals surface area contributed by atoms with Gasteiger partial charge in [-0.3, -0.25) is 4.79 Å². The van der Waals surface area contributed by atoms with E-state index in [2.05, 4.69) is 11.4 Å². The van der Waals surface area contributed by atoms with Gasteiger partial charge in [0, 0.05) is 28.8 Å². The number of amides is 1. The maximum atomic E-state index is 12.3. The summed E-state index contributed by atoms with van der Waals surface area (Å²) >= 11 is 7.91. The molecule has 0 aliphatic heterocycles. The summed E-state index contributed by atoms with van der Waals surface area (Å²) < 4.78 is 0. The first-order valence-electron chi connectivity index (χ1n) is 9.21. The molecule has 5 heteroatoms. The van der Waals surface area contributed by atoms with Crippen LogP contribution in [0, 0.1) is 5.92 Å².